The lowest BCUT2D eigenvalue weighted by Crippen LogP contribution is -2.63. The molecule has 3 aromatic rings. The van der Waals surface area contributed by atoms with Crippen molar-refractivity contribution in [3.05, 3.63) is 108 Å². The van der Waals surface area contributed by atoms with Gasteiger partial charge in [-0.1, -0.05) is 91.0 Å². The standard InChI is InChI=1S/C39H44O14/c1-24(40)44-22-30-32(49-25(2)41)34-36(53-39(42)52-34)38(51-30)48-23-29-31(45-19-26-13-7-4-8-14-26)33(46-20-27-15-9-5-10-16-27)35(37(43-3)50-29)47-21-28-17-11-6-12-18-28/h4-18,29-38H,19-23H2,1-3H3/t29-,30-,31-,32-,33+,34+,35-,36-,37+,38-/m1/s1. The van der Waals surface area contributed by atoms with Gasteiger partial charge >= 0.3 is 18.1 Å². The van der Waals surface area contributed by atoms with Gasteiger partial charge in [0, 0.05) is 21.0 Å². The molecule has 0 N–H and O–H groups in total. The number of carbonyl (C=O) groups excluding carboxylic acids is 3. The van der Waals surface area contributed by atoms with E-state index in [1.807, 2.05) is 91.0 Å². The summed E-state index contributed by atoms with van der Waals surface area (Å²) in [7, 11) is 1.51. The summed E-state index contributed by atoms with van der Waals surface area (Å²) in [6.45, 7) is 2.67. The molecule has 6 rings (SSSR count). The maximum absolute atomic E-state index is 12.4. The highest BCUT2D eigenvalue weighted by Crippen LogP contribution is 2.36. The number of esters is 2. The Kier molecular flexibility index (Phi) is 13.4. The van der Waals surface area contributed by atoms with Crippen molar-refractivity contribution in [3.8, 4) is 0 Å². The number of ether oxygens (including phenoxy) is 11. The number of fused-ring (bicyclic) bond motifs is 1. The highest BCUT2D eigenvalue weighted by Gasteiger charge is 2.57. The Balaban J connectivity index is 1.27. The smallest absolute Gasteiger partial charge is 0.463 e. The molecule has 10 atom stereocenters. The Hall–Kier alpha value is -4.41. The van der Waals surface area contributed by atoms with Gasteiger partial charge in [0.1, 0.15) is 37.1 Å². The van der Waals surface area contributed by atoms with Crippen LogP contribution in [0, 0.1) is 0 Å². The molecule has 3 aliphatic heterocycles. The molecule has 0 aliphatic carbocycles. The fourth-order valence-electron chi connectivity index (χ4n) is 6.45. The van der Waals surface area contributed by atoms with E-state index >= 15 is 0 Å². The lowest BCUT2D eigenvalue weighted by atomic mass is 9.97. The largest absolute Gasteiger partial charge is 0.509 e. The number of rotatable bonds is 16. The average Bonchev–Trinajstić information content (AvgIpc) is 3.57. The monoisotopic (exact) mass is 736 g/mol. The average molecular weight is 737 g/mol. The van der Waals surface area contributed by atoms with Crippen molar-refractivity contribution in [1.82, 2.24) is 0 Å². The fourth-order valence-corrected chi connectivity index (χ4v) is 6.45. The molecule has 3 saturated heterocycles. The molecule has 3 heterocycles. The summed E-state index contributed by atoms with van der Waals surface area (Å²) in [4.78, 5) is 36.1. The molecule has 0 aromatic heterocycles. The second-order valence-corrected chi connectivity index (χ2v) is 12.7. The molecule has 3 aliphatic rings. The minimum absolute atomic E-state index is 0.167. The van der Waals surface area contributed by atoms with E-state index in [1.54, 1.807) is 0 Å². The minimum Gasteiger partial charge on any atom is -0.463 e. The second-order valence-electron chi connectivity index (χ2n) is 12.7. The van der Waals surface area contributed by atoms with E-state index in [2.05, 4.69) is 0 Å². The Morgan fingerprint density at radius 3 is 1.58 bits per heavy atom. The number of methoxy groups -OCH3 is 1. The predicted molar refractivity (Wildman–Crippen MR) is 183 cm³/mol. The number of benzene rings is 3. The van der Waals surface area contributed by atoms with Gasteiger partial charge in [-0.2, -0.15) is 0 Å². The predicted octanol–water partition coefficient (Wildman–Crippen LogP) is 4.25. The molecule has 0 spiro atoms. The van der Waals surface area contributed by atoms with Crippen molar-refractivity contribution < 1.29 is 66.5 Å². The Morgan fingerprint density at radius 1 is 0.566 bits per heavy atom. The van der Waals surface area contributed by atoms with E-state index in [9.17, 15) is 14.4 Å². The van der Waals surface area contributed by atoms with Gasteiger partial charge in [0.15, 0.2) is 30.9 Å². The zero-order valence-electron chi connectivity index (χ0n) is 29.7. The van der Waals surface area contributed by atoms with Crippen molar-refractivity contribution in [2.45, 2.75) is 95.1 Å². The third kappa shape index (κ3) is 10.2. The van der Waals surface area contributed by atoms with Crippen molar-refractivity contribution in [2.75, 3.05) is 20.3 Å². The van der Waals surface area contributed by atoms with Gasteiger partial charge in [-0.05, 0) is 16.7 Å². The summed E-state index contributed by atoms with van der Waals surface area (Å²) in [5.41, 5.74) is 2.81. The first-order valence-corrected chi connectivity index (χ1v) is 17.4. The molecular weight excluding hydrogens is 692 g/mol. The first kappa shape index (κ1) is 38.3. The summed E-state index contributed by atoms with van der Waals surface area (Å²) >= 11 is 0. The van der Waals surface area contributed by atoms with Crippen molar-refractivity contribution in [1.29, 1.82) is 0 Å². The van der Waals surface area contributed by atoms with Crippen LogP contribution in [0.15, 0.2) is 91.0 Å². The van der Waals surface area contributed by atoms with Crippen LogP contribution in [0.25, 0.3) is 0 Å². The maximum Gasteiger partial charge on any atom is 0.509 e. The molecule has 0 radical (unpaired) electrons. The molecule has 14 nitrogen and oxygen atoms in total. The van der Waals surface area contributed by atoms with E-state index in [0.717, 1.165) is 16.7 Å². The molecule has 0 amide bonds. The van der Waals surface area contributed by atoms with Crippen molar-refractivity contribution in [3.63, 3.8) is 0 Å². The maximum atomic E-state index is 12.4. The second kappa shape index (κ2) is 18.6. The molecule has 53 heavy (non-hydrogen) atoms. The van der Waals surface area contributed by atoms with Crippen LogP contribution in [0.4, 0.5) is 4.79 Å². The van der Waals surface area contributed by atoms with E-state index in [1.165, 1.54) is 21.0 Å². The molecule has 14 heteroatoms. The van der Waals surface area contributed by atoms with E-state index in [-0.39, 0.29) is 33.0 Å². The van der Waals surface area contributed by atoms with Crippen molar-refractivity contribution in [2.24, 2.45) is 0 Å². The lowest BCUT2D eigenvalue weighted by molar-refractivity contribution is -0.336. The number of carbonyl (C=O) groups is 3. The van der Waals surface area contributed by atoms with Gasteiger partial charge in [-0.15, -0.1) is 0 Å². The highest BCUT2D eigenvalue weighted by molar-refractivity contribution is 5.67. The molecule has 0 saturated carbocycles. The van der Waals surface area contributed by atoms with Gasteiger partial charge < -0.3 is 52.1 Å². The number of hydrogen-bond acceptors (Lipinski definition) is 14. The van der Waals surface area contributed by atoms with Crippen molar-refractivity contribution >= 4 is 18.1 Å². The molecule has 3 fully saturated rings. The van der Waals surface area contributed by atoms with Crippen LogP contribution >= 0.6 is 0 Å². The fraction of sp³-hybridized carbons (Fsp3) is 0.462. The molecular formula is C39H44O14. The van der Waals surface area contributed by atoms with Crippen LogP contribution in [0.5, 0.6) is 0 Å². The van der Waals surface area contributed by atoms with E-state index in [4.69, 9.17) is 52.1 Å². The van der Waals surface area contributed by atoms with Crippen LogP contribution in [0.1, 0.15) is 30.5 Å². The van der Waals surface area contributed by atoms with E-state index in [0.29, 0.717) is 0 Å². The molecule has 284 valence electrons. The third-order valence-electron chi connectivity index (χ3n) is 8.91. The van der Waals surface area contributed by atoms with Gasteiger partial charge in [0.05, 0.1) is 26.4 Å². The van der Waals surface area contributed by atoms with Crippen LogP contribution in [-0.4, -0.2) is 99.8 Å². The number of hydrogen-bond donors (Lipinski definition) is 0. The molecule has 0 unspecified atom stereocenters. The van der Waals surface area contributed by atoms with E-state index < -0.39 is 79.5 Å². The minimum atomic E-state index is -1.24. The third-order valence-corrected chi connectivity index (χ3v) is 8.91. The Labute approximate surface area is 307 Å². The summed E-state index contributed by atoms with van der Waals surface area (Å²) in [5.74, 6) is -1.24. The lowest BCUT2D eigenvalue weighted by Gasteiger charge is -2.46. The summed E-state index contributed by atoms with van der Waals surface area (Å²) in [5, 5.41) is 0. The Bertz CT molecular complexity index is 1610. The summed E-state index contributed by atoms with van der Waals surface area (Å²) in [6.07, 6.45) is -10.6. The first-order chi connectivity index (χ1) is 25.8. The van der Waals surface area contributed by atoms with Crippen LogP contribution in [0.3, 0.4) is 0 Å². The highest BCUT2D eigenvalue weighted by atomic mass is 16.8. The topological polar surface area (TPSA) is 153 Å². The van der Waals surface area contributed by atoms with Crippen LogP contribution in [-0.2, 0) is 81.5 Å². The normalized spacial score (nSPS) is 29.4. The van der Waals surface area contributed by atoms with Crippen LogP contribution in [0.2, 0.25) is 0 Å². The van der Waals surface area contributed by atoms with Crippen LogP contribution < -0.4 is 0 Å². The molecule has 0 bridgehead atoms. The van der Waals surface area contributed by atoms with Gasteiger partial charge in [-0.25, -0.2) is 4.79 Å². The zero-order chi connectivity index (χ0) is 37.2. The molecule has 3 aromatic carbocycles. The Morgan fingerprint density at radius 2 is 1.06 bits per heavy atom. The summed E-state index contributed by atoms with van der Waals surface area (Å²) < 4.78 is 66.0. The zero-order valence-corrected chi connectivity index (χ0v) is 29.7. The quantitative estimate of drug-likeness (QED) is 0.152. The van der Waals surface area contributed by atoms with Gasteiger partial charge in [0.25, 0.3) is 0 Å². The first-order valence-electron chi connectivity index (χ1n) is 17.4. The van der Waals surface area contributed by atoms with Gasteiger partial charge in [-0.3, -0.25) is 9.59 Å². The summed E-state index contributed by atoms with van der Waals surface area (Å²) in [6, 6.07) is 29.1. The van der Waals surface area contributed by atoms with Gasteiger partial charge in [0.2, 0.25) is 0 Å². The SMILES string of the molecule is CO[C@H]1O[C@H](CO[C@@H]2O[C@H](COC(C)=O)[C@@H](OC(C)=O)[C@@H]3OC(=O)O[C@@H]23)[C@@H](OCc2ccccc2)[C@H](OCc2ccccc2)[C@H]1OCc1ccccc1.